The van der Waals surface area contributed by atoms with Crippen molar-refractivity contribution >= 4 is 11.9 Å². The number of nitriles is 1. The van der Waals surface area contributed by atoms with Gasteiger partial charge in [-0.1, -0.05) is 6.92 Å². The van der Waals surface area contributed by atoms with Crippen molar-refractivity contribution in [1.82, 2.24) is 10.2 Å². The van der Waals surface area contributed by atoms with Crippen LogP contribution in [-0.2, 0) is 9.59 Å². The number of likely N-dealkylation sites (N-methyl/N-ethyl adjacent to an activating group) is 1. The molecule has 1 amide bonds. The van der Waals surface area contributed by atoms with E-state index in [1.807, 2.05) is 17.9 Å². The number of carboxylic acids is 1. The third kappa shape index (κ3) is 5.19. The van der Waals surface area contributed by atoms with E-state index in [1.54, 1.807) is 31.2 Å². The molecule has 25 heavy (non-hydrogen) atoms. The highest BCUT2D eigenvalue weighted by Gasteiger charge is 2.35. The molecule has 2 N–H and O–H groups in total. The highest BCUT2D eigenvalue weighted by atomic mass is 16.5. The lowest BCUT2D eigenvalue weighted by Crippen LogP contribution is -2.56. The second kappa shape index (κ2) is 8.49. The summed E-state index contributed by atoms with van der Waals surface area (Å²) in [7, 11) is 0. The molecule has 0 bridgehead atoms. The molecule has 1 aliphatic carbocycles. The Balaban J connectivity index is 1.76. The molecule has 1 saturated carbocycles. The van der Waals surface area contributed by atoms with Crippen LogP contribution in [0.25, 0.3) is 0 Å². The summed E-state index contributed by atoms with van der Waals surface area (Å²) >= 11 is 0. The first kappa shape index (κ1) is 18.7. The molecule has 0 radical (unpaired) electrons. The van der Waals surface area contributed by atoms with Gasteiger partial charge in [-0.3, -0.25) is 14.5 Å². The Morgan fingerprint density at radius 1 is 1.40 bits per heavy atom. The SMILES string of the molecule is CCN(CC(=O)O)C1CC(NC(=O)C(C)Oc2ccc(C#N)cc2)C1. The van der Waals surface area contributed by atoms with Gasteiger partial charge in [-0.25, -0.2) is 0 Å². The molecule has 1 atom stereocenters. The molecule has 0 spiro atoms. The van der Waals surface area contributed by atoms with Crippen molar-refractivity contribution in [2.24, 2.45) is 0 Å². The van der Waals surface area contributed by atoms with Gasteiger partial charge in [0.1, 0.15) is 5.75 Å². The molecule has 1 fully saturated rings. The fraction of sp³-hybridized carbons (Fsp3) is 0.500. The molecule has 7 heteroatoms. The summed E-state index contributed by atoms with van der Waals surface area (Å²) in [6, 6.07) is 8.86. The largest absolute Gasteiger partial charge is 0.481 e. The Labute approximate surface area is 147 Å². The summed E-state index contributed by atoms with van der Waals surface area (Å²) in [5, 5.41) is 20.6. The van der Waals surface area contributed by atoms with Gasteiger partial charge in [0.25, 0.3) is 5.91 Å². The maximum Gasteiger partial charge on any atom is 0.317 e. The maximum absolute atomic E-state index is 12.2. The minimum atomic E-state index is -0.834. The normalized spacial score (nSPS) is 20.2. The molecular formula is C18H23N3O4. The van der Waals surface area contributed by atoms with Gasteiger partial charge in [-0.15, -0.1) is 0 Å². The van der Waals surface area contributed by atoms with Crippen molar-refractivity contribution in [1.29, 1.82) is 5.26 Å². The molecule has 0 heterocycles. The molecule has 134 valence electrons. The molecule has 0 aliphatic heterocycles. The topological polar surface area (TPSA) is 103 Å². The number of aliphatic carboxylic acids is 1. The number of carbonyl (C=O) groups is 2. The van der Waals surface area contributed by atoms with Crippen LogP contribution in [0.15, 0.2) is 24.3 Å². The van der Waals surface area contributed by atoms with E-state index in [2.05, 4.69) is 5.32 Å². The van der Waals surface area contributed by atoms with E-state index in [1.165, 1.54) is 0 Å². The van der Waals surface area contributed by atoms with Crippen molar-refractivity contribution in [3.8, 4) is 11.8 Å². The number of hydrogen-bond acceptors (Lipinski definition) is 5. The highest BCUT2D eigenvalue weighted by Crippen LogP contribution is 2.25. The van der Waals surface area contributed by atoms with E-state index < -0.39 is 12.1 Å². The molecule has 1 aliphatic rings. The van der Waals surface area contributed by atoms with Crippen LogP contribution in [-0.4, -0.2) is 53.2 Å². The number of benzene rings is 1. The second-order valence-corrected chi connectivity index (χ2v) is 6.18. The minimum absolute atomic E-state index is 0.0278. The quantitative estimate of drug-likeness (QED) is 0.738. The lowest BCUT2D eigenvalue weighted by Gasteiger charge is -2.42. The Morgan fingerprint density at radius 3 is 2.56 bits per heavy atom. The van der Waals surface area contributed by atoms with E-state index in [-0.39, 0.29) is 24.5 Å². The van der Waals surface area contributed by atoms with Gasteiger partial charge in [0.2, 0.25) is 0 Å². The predicted octanol–water partition coefficient (Wildman–Crippen LogP) is 1.38. The zero-order valence-corrected chi connectivity index (χ0v) is 14.4. The fourth-order valence-electron chi connectivity index (χ4n) is 2.86. The first-order valence-electron chi connectivity index (χ1n) is 8.36. The smallest absolute Gasteiger partial charge is 0.317 e. The molecule has 2 rings (SSSR count). The zero-order valence-electron chi connectivity index (χ0n) is 14.4. The molecule has 0 saturated heterocycles. The Morgan fingerprint density at radius 2 is 2.04 bits per heavy atom. The Hall–Kier alpha value is -2.59. The first-order chi connectivity index (χ1) is 11.9. The molecule has 0 aromatic heterocycles. The third-order valence-electron chi connectivity index (χ3n) is 4.39. The van der Waals surface area contributed by atoms with Crippen LogP contribution in [0.5, 0.6) is 5.75 Å². The van der Waals surface area contributed by atoms with Gasteiger partial charge < -0.3 is 15.2 Å². The van der Waals surface area contributed by atoms with Gasteiger partial charge in [0.15, 0.2) is 6.10 Å². The van der Waals surface area contributed by atoms with Crippen molar-refractivity contribution in [2.75, 3.05) is 13.1 Å². The lowest BCUT2D eigenvalue weighted by molar-refractivity contribution is -0.140. The van der Waals surface area contributed by atoms with Gasteiger partial charge >= 0.3 is 5.97 Å². The van der Waals surface area contributed by atoms with Gasteiger partial charge in [-0.05, 0) is 50.6 Å². The number of amides is 1. The van der Waals surface area contributed by atoms with Crippen molar-refractivity contribution < 1.29 is 19.4 Å². The van der Waals surface area contributed by atoms with Crippen molar-refractivity contribution in [2.45, 2.75) is 44.9 Å². The highest BCUT2D eigenvalue weighted by molar-refractivity contribution is 5.81. The maximum atomic E-state index is 12.2. The lowest BCUT2D eigenvalue weighted by atomic mass is 9.85. The van der Waals surface area contributed by atoms with Crippen LogP contribution >= 0.6 is 0 Å². The molecule has 1 unspecified atom stereocenters. The van der Waals surface area contributed by atoms with Gasteiger partial charge in [-0.2, -0.15) is 5.26 Å². The number of nitrogens with zero attached hydrogens (tertiary/aromatic N) is 2. The van der Waals surface area contributed by atoms with Crippen LogP contribution < -0.4 is 10.1 Å². The average molecular weight is 345 g/mol. The summed E-state index contributed by atoms with van der Waals surface area (Å²) in [5.74, 6) is -0.500. The average Bonchev–Trinajstić information content (AvgIpc) is 2.56. The van der Waals surface area contributed by atoms with E-state index in [9.17, 15) is 9.59 Å². The van der Waals surface area contributed by atoms with Gasteiger partial charge in [0.05, 0.1) is 18.2 Å². The Kier molecular flexibility index (Phi) is 6.37. The van der Waals surface area contributed by atoms with Crippen LogP contribution in [0.3, 0.4) is 0 Å². The molecule has 7 nitrogen and oxygen atoms in total. The minimum Gasteiger partial charge on any atom is -0.481 e. The number of hydrogen-bond donors (Lipinski definition) is 2. The van der Waals surface area contributed by atoms with Crippen LogP contribution in [0.4, 0.5) is 0 Å². The number of nitrogens with one attached hydrogen (secondary N) is 1. The summed E-state index contributed by atoms with van der Waals surface area (Å²) in [6.45, 7) is 4.31. The summed E-state index contributed by atoms with van der Waals surface area (Å²) in [6.07, 6.45) is 0.848. The second-order valence-electron chi connectivity index (χ2n) is 6.18. The molecular weight excluding hydrogens is 322 g/mol. The zero-order chi connectivity index (χ0) is 18.4. The number of ether oxygens (including phenoxy) is 1. The predicted molar refractivity (Wildman–Crippen MR) is 91.1 cm³/mol. The van der Waals surface area contributed by atoms with Crippen molar-refractivity contribution in [3.63, 3.8) is 0 Å². The number of carbonyl (C=O) groups excluding carboxylic acids is 1. The van der Waals surface area contributed by atoms with E-state index in [0.717, 1.165) is 12.8 Å². The molecule has 1 aromatic carbocycles. The molecule has 1 aromatic rings. The summed E-state index contributed by atoms with van der Waals surface area (Å²) < 4.78 is 5.58. The Bertz CT molecular complexity index is 647. The van der Waals surface area contributed by atoms with Crippen molar-refractivity contribution in [3.05, 3.63) is 29.8 Å². The summed E-state index contributed by atoms with van der Waals surface area (Å²) in [4.78, 5) is 24.9. The van der Waals surface area contributed by atoms with Gasteiger partial charge in [0, 0.05) is 12.1 Å². The monoisotopic (exact) mass is 345 g/mol. The van der Waals surface area contributed by atoms with Crippen LogP contribution in [0, 0.1) is 11.3 Å². The fourth-order valence-corrected chi connectivity index (χ4v) is 2.86. The number of rotatable bonds is 8. The van der Waals surface area contributed by atoms with Crippen LogP contribution in [0.1, 0.15) is 32.3 Å². The standard InChI is InChI=1S/C18H23N3O4/c1-3-21(11-17(22)23)15-8-14(9-15)20-18(24)12(2)25-16-6-4-13(10-19)5-7-16/h4-7,12,14-15H,3,8-9,11H2,1-2H3,(H,20,24)(H,22,23). The van der Waals surface area contributed by atoms with Crippen LogP contribution in [0.2, 0.25) is 0 Å². The third-order valence-corrected chi connectivity index (χ3v) is 4.39. The van der Waals surface area contributed by atoms with E-state index >= 15 is 0 Å². The summed E-state index contributed by atoms with van der Waals surface area (Å²) in [5.41, 5.74) is 0.534. The number of carboxylic acid groups (broad SMARTS) is 1. The first-order valence-corrected chi connectivity index (χ1v) is 8.36. The van der Waals surface area contributed by atoms with E-state index in [4.69, 9.17) is 15.1 Å². The van der Waals surface area contributed by atoms with E-state index in [0.29, 0.717) is 17.9 Å².